The van der Waals surface area contributed by atoms with Crippen molar-refractivity contribution in [3.05, 3.63) is 30.1 Å². The third-order valence-corrected chi connectivity index (χ3v) is 5.90. The van der Waals surface area contributed by atoms with Gasteiger partial charge in [0.25, 0.3) is 0 Å². The number of nitrogens with one attached hydrogen (secondary N) is 1. The van der Waals surface area contributed by atoms with Gasteiger partial charge in [0.1, 0.15) is 5.82 Å². The first-order chi connectivity index (χ1) is 13.2. The zero-order chi connectivity index (χ0) is 18.6. The molecule has 0 saturated heterocycles. The van der Waals surface area contributed by atoms with Gasteiger partial charge in [-0.1, -0.05) is 36.7 Å². The van der Waals surface area contributed by atoms with Crippen molar-refractivity contribution in [3.8, 4) is 0 Å². The van der Waals surface area contributed by atoms with Crippen molar-refractivity contribution >= 4 is 28.7 Å². The fraction of sp³-hybridized carbons (Fsp3) is 0.500. The van der Waals surface area contributed by atoms with Gasteiger partial charge in [0, 0.05) is 13.1 Å². The standard InChI is InChI=1S/C18H23N7OS/c1-13-20-15-8-4-5-9-16(15)24(13)11-10-19-17(26)12-27-18-21-22-23-25(18)14-6-2-3-7-14/h4-5,8-9,14H,2-3,6-7,10-12H2,1H3,(H,19,26). The van der Waals surface area contributed by atoms with E-state index in [1.165, 1.54) is 24.6 Å². The van der Waals surface area contributed by atoms with E-state index in [2.05, 4.69) is 36.5 Å². The number of amides is 1. The second-order valence-corrected chi connectivity index (χ2v) is 7.72. The quantitative estimate of drug-likeness (QED) is 0.628. The number of carbonyl (C=O) groups is 1. The number of benzene rings is 1. The van der Waals surface area contributed by atoms with Crippen LogP contribution < -0.4 is 5.32 Å². The molecule has 0 atom stereocenters. The second kappa shape index (κ2) is 8.08. The highest BCUT2D eigenvalue weighted by Gasteiger charge is 2.22. The number of thioether (sulfide) groups is 1. The predicted molar refractivity (Wildman–Crippen MR) is 104 cm³/mol. The number of nitrogens with zero attached hydrogens (tertiary/aromatic N) is 6. The van der Waals surface area contributed by atoms with Crippen LogP contribution in [0.1, 0.15) is 37.5 Å². The number of imidazole rings is 1. The van der Waals surface area contributed by atoms with Crippen molar-refractivity contribution in [3.63, 3.8) is 0 Å². The van der Waals surface area contributed by atoms with Gasteiger partial charge in [0.15, 0.2) is 0 Å². The second-order valence-electron chi connectivity index (χ2n) is 6.78. The van der Waals surface area contributed by atoms with Crippen LogP contribution in [-0.4, -0.2) is 48.0 Å². The Morgan fingerprint density at radius 1 is 1.30 bits per heavy atom. The van der Waals surface area contributed by atoms with E-state index in [1.807, 2.05) is 29.8 Å². The molecule has 0 radical (unpaired) electrons. The number of aromatic nitrogens is 6. The molecule has 0 bridgehead atoms. The highest BCUT2D eigenvalue weighted by atomic mass is 32.2. The predicted octanol–water partition coefficient (Wildman–Crippen LogP) is 2.35. The number of hydrogen-bond acceptors (Lipinski definition) is 6. The van der Waals surface area contributed by atoms with Crippen LogP contribution >= 0.6 is 11.8 Å². The number of tetrazole rings is 1. The molecule has 3 aromatic rings. The van der Waals surface area contributed by atoms with E-state index < -0.39 is 0 Å². The summed E-state index contributed by atoms with van der Waals surface area (Å²) >= 11 is 1.40. The average Bonchev–Trinajstić information content (AvgIpc) is 3.40. The van der Waals surface area contributed by atoms with Gasteiger partial charge in [0.05, 0.1) is 22.8 Å². The summed E-state index contributed by atoms with van der Waals surface area (Å²) in [5.41, 5.74) is 2.07. The van der Waals surface area contributed by atoms with Gasteiger partial charge in [-0.2, -0.15) is 0 Å². The monoisotopic (exact) mass is 385 g/mol. The van der Waals surface area contributed by atoms with E-state index in [4.69, 9.17) is 0 Å². The van der Waals surface area contributed by atoms with Gasteiger partial charge in [-0.05, 0) is 42.3 Å². The van der Waals surface area contributed by atoms with Crippen LogP contribution in [0.15, 0.2) is 29.4 Å². The SMILES string of the molecule is Cc1nc2ccccc2n1CCNC(=O)CSc1nnnn1C1CCCC1. The van der Waals surface area contributed by atoms with E-state index in [0.29, 0.717) is 24.9 Å². The molecule has 1 aromatic carbocycles. The lowest BCUT2D eigenvalue weighted by molar-refractivity contribution is -0.118. The summed E-state index contributed by atoms with van der Waals surface area (Å²) in [4.78, 5) is 16.8. The molecule has 0 aliphatic heterocycles. The maximum absolute atomic E-state index is 12.2. The van der Waals surface area contributed by atoms with Crippen LogP contribution in [0.25, 0.3) is 11.0 Å². The molecule has 4 rings (SSSR count). The van der Waals surface area contributed by atoms with Crippen LogP contribution in [0.3, 0.4) is 0 Å². The zero-order valence-corrected chi connectivity index (χ0v) is 16.2. The summed E-state index contributed by atoms with van der Waals surface area (Å²) in [5, 5.41) is 15.7. The van der Waals surface area contributed by atoms with E-state index >= 15 is 0 Å². The van der Waals surface area contributed by atoms with Crippen LogP contribution in [-0.2, 0) is 11.3 Å². The molecule has 1 aliphatic rings. The van der Waals surface area contributed by atoms with Gasteiger partial charge >= 0.3 is 0 Å². The van der Waals surface area contributed by atoms with Crippen molar-refractivity contribution in [1.29, 1.82) is 0 Å². The molecule has 0 spiro atoms. The lowest BCUT2D eigenvalue weighted by Crippen LogP contribution is -2.29. The van der Waals surface area contributed by atoms with Crippen LogP contribution in [0.2, 0.25) is 0 Å². The molecule has 27 heavy (non-hydrogen) atoms. The topological polar surface area (TPSA) is 90.5 Å². The lowest BCUT2D eigenvalue weighted by atomic mass is 10.3. The maximum Gasteiger partial charge on any atom is 0.230 e. The average molecular weight is 385 g/mol. The molecular formula is C18H23N7OS. The summed E-state index contributed by atoms with van der Waals surface area (Å²) in [6, 6.07) is 8.42. The Labute approximate surface area is 161 Å². The fourth-order valence-electron chi connectivity index (χ4n) is 3.62. The zero-order valence-electron chi connectivity index (χ0n) is 15.3. The van der Waals surface area contributed by atoms with E-state index in [9.17, 15) is 4.79 Å². The minimum atomic E-state index is -0.0111. The number of carbonyl (C=O) groups excluding carboxylic acids is 1. The molecule has 9 heteroatoms. The third kappa shape index (κ3) is 3.97. The molecule has 1 saturated carbocycles. The number of para-hydroxylation sites is 2. The first-order valence-electron chi connectivity index (χ1n) is 9.31. The number of rotatable bonds is 7. The molecular weight excluding hydrogens is 362 g/mol. The largest absolute Gasteiger partial charge is 0.354 e. The number of fused-ring (bicyclic) bond motifs is 1. The fourth-order valence-corrected chi connectivity index (χ4v) is 4.40. The first kappa shape index (κ1) is 18.0. The number of hydrogen-bond donors (Lipinski definition) is 1. The van der Waals surface area contributed by atoms with Gasteiger partial charge in [-0.3, -0.25) is 4.79 Å². The Bertz CT molecular complexity index is 929. The Hall–Kier alpha value is -2.42. The Morgan fingerprint density at radius 2 is 2.11 bits per heavy atom. The summed E-state index contributed by atoms with van der Waals surface area (Å²) in [7, 11) is 0. The summed E-state index contributed by atoms with van der Waals surface area (Å²) in [6.45, 7) is 3.25. The summed E-state index contributed by atoms with van der Waals surface area (Å²) in [5.74, 6) is 1.26. The van der Waals surface area contributed by atoms with Crippen molar-refractivity contribution in [2.24, 2.45) is 0 Å². The van der Waals surface area contributed by atoms with Crippen LogP contribution in [0.4, 0.5) is 0 Å². The van der Waals surface area contributed by atoms with Crippen molar-refractivity contribution in [1.82, 2.24) is 35.1 Å². The maximum atomic E-state index is 12.2. The van der Waals surface area contributed by atoms with E-state index in [-0.39, 0.29) is 5.91 Å². The number of aryl methyl sites for hydroxylation is 1. The summed E-state index contributed by atoms with van der Waals surface area (Å²) < 4.78 is 4.01. The summed E-state index contributed by atoms with van der Waals surface area (Å²) in [6.07, 6.45) is 4.67. The molecule has 2 aromatic heterocycles. The van der Waals surface area contributed by atoms with Crippen molar-refractivity contribution < 1.29 is 4.79 Å². The van der Waals surface area contributed by atoms with Crippen LogP contribution in [0, 0.1) is 6.92 Å². The van der Waals surface area contributed by atoms with Gasteiger partial charge < -0.3 is 9.88 Å². The third-order valence-electron chi connectivity index (χ3n) is 4.97. The van der Waals surface area contributed by atoms with Crippen molar-refractivity contribution in [2.45, 2.75) is 50.4 Å². The van der Waals surface area contributed by atoms with Crippen LogP contribution in [0.5, 0.6) is 0 Å². The Morgan fingerprint density at radius 3 is 2.96 bits per heavy atom. The Balaban J connectivity index is 1.28. The molecule has 1 amide bonds. The molecule has 0 unspecified atom stereocenters. The van der Waals surface area contributed by atoms with Gasteiger partial charge in [-0.25, -0.2) is 9.67 Å². The highest BCUT2D eigenvalue weighted by Crippen LogP contribution is 2.31. The minimum absolute atomic E-state index is 0.0111. The molecule has 8 nitrogen and oxygen atoms in total. The minimum Gasteiger partial charge on any atom is -0.354 e. The smallest absolute Gasteiger partial charge is 0.230 e. The van der Waals surface area contributed by atoms with E-state index in [0.717, 1.165) is 34.9 Å². The first-order valence-corrected chi connectivity index (χ1v) is 10.3. The molecule has 1 fully saturated rings. The van der Waals surface area contributed by atoms with Crippen molar-refractivity contribution in [2.75, 3.05) is 12.3 Å². The molecule has 1 aliphatic carbocycles. The molecule has 1 N–H and O–H groups in total. The molecule has 142 valence electrons. The molecule has 2 heterocycles. The highest BCUT2D eigenvalue weighted by molar-refractivity contribution is 7.99. The Kier molecular flexibility index (Phi) is 5.38. The normalized spacial score (nSPS) is 14.9. The van der Waals surface area contributed by atoms with Gasteiger partial charge in [-0.15, -0.1) is 5.10 Å². The van der Waals surface area contributed by atoms with E-state index in [1.54, 1.807) is 0 Å². The van der Waals surface area contributed by atoms with Gasteiger partial charge in [0.2, 0.25) is 11.1 Å². The lowest BCUT2D eigenvalue weighted by Gasteiger charge is -2.11.